The van der Waals surface area contributed by atoms with E-state index in [1.165, 1.54) is 0 Å². The van der Waals surface area contributed by atoms with Crippen LogP contribution in [0, 0.1) is 11.3 Å². The number of fused-ring (bicyclic) bond motifs is 2. The van der Waals surface area contributed by atoms with Gasteiger partial charge in [0, 0.05) is 11.1 Å². The second-order valence-electron chi connectivity index (χ2n) is 7.78. The molecule has 0 aliphatic heterocycles. The molecule has 0 unspecified atom stereocenters. The van der Waals surface area contributed by atoms with Crippen molar-refractivity contribution in [3.05, 3.63) is 41.1 Å². The van der Waals surface area contributed by atoms with Crippen molar-refractivity contribution in [2.24, 2.45) is 17.1 Å². The predicted octanol–water partition coefficient (Wildman–Crippen LogP) is 3.03. The van der Waals surface area contributed by atoms with E-state index in [2.05, 4.69) is 20.8 Å². The highest BCUT2D eigenvalue weighted by atomic mass is 16.5. The number of hydrogen-bond donors (Lipinski definition) is 1. The van der Waals surface area contributed by atoms with Gasteiger partial charge in [0.1, 0.15) is 0 Å². The molecule has 1 aliphatic rings. The Balaban J connectivity index is 2.12. The number of amides is 1. The third-order valence-corrected chi connectivity index (χ3v) is 5.03. The number of aromatic nitrogens is 1. The van der Waals surface area contributed by atoms with E-state index < -0.39 is 18.5 Å². The van der Waals surface area contributed by atoms with E-state index in [0.29, 0.717) is 11.5 Å². The molecular formula is C20H24N2O3. The van der Waals surface area contributed by atoms with E-state index in [1.807, 2.05) is 24.3 Å². The summed E-state index contributed by atoms with van der Waals surface area (Å²) in [6.07, 6.45) is 2.69. The van der Waals surface area contributed by atoms with Crippen LogP contribution in [-0.4, -0.2) is 23.5 Å². The van der Waals surface area contributed by atoms with Gasteiger partial charge in [-0.2, -0.15) is 0 Å². The van der Waals surface area contributed by atoms with E-state index in [9.17, 15) is 9.59 Å². The first-order chi connectivity index (χ1) is 11.8. The van der Waals surface area contributed by atoms with Crippen LogP contribution in [0.3, 0.4) is 0 Å². The molecule has 1 aliphatic carbocycles. The quantitative estimate of drug-likeness (QED) is 0.871. The molecule has 132 valence electrons. The smallest absolute Gasteiger partial charge is 0.339 e. The topological polar surface area (TPSA) is 82.3 Å². The van der Waals surface area contributed by atoms with Gasteiger partial charge in [0.2, 0.25) is 0 Å². The summed E-state index contributed by atoms with van der Waals surface area (Å²) in [5, 5.41) is 0.769. The molecule has 2 N–H and O–H groups in total. The minimum Gasteiger partial charge on any atom is -0.452 e. The molecule has 25 heavy (non-hydrogen) atoms. The minimum absolute atomic E-state index is 0.151. The zero-order valence-corrected chi connectivity index (χ0v) is 15.0. The number of hydrogen-bond acceptors (Lipinski definition) is 4. The maximum atomic E-state index is 12.7. The van der Waals surface area contributed by atoms with Crippen molar-refractivity contribution in [1.29, 1.82) is 0 Å². The van der Waals surface area contributed by atoms with Crippen LogP contribution in [-0.2, 0) is 22.4 Å². The molecule has 5 heteroatoms. The number of carbonyl (C=O) groups excluding carboxylic acids is 2. The molecule has 0 radical (unpaired) electrons. The van der Waals surface area contributed by atoms with Crippen molar-refractivity contribution in [2.75, 3.05) is 6.61 Å². The summed E-state index contributed by atoms with van der Waals surface area (Å²) in [4.78, 5) is 28.5. The molecule has 1 aromatic carbocycles. The van der Waals surface area contributed by atoms with Crippen LogP contribution >= 0.6 is 0 Å². The zero-order valence-electron chi connectivity index (χ0n) is 15.0. The number of rotatable bonds is 3. The van der Waals surface area contributed by atoms with Crippen LogP contribution in [0.5, 0.6) is 0 Å². The van der Waals surface area contributed by atoms with Gasteiger partial charge in [-0.1, -0.05) is 39.0 Å². The van der Waals surface area contributed by atoms with Crippen LogP contribution in [0.25, 0.3) is 10.9 Å². The molecule has 0 spiro atoms. The van der Waals surface area contributed by atoms with Crippen LogP contribution in [0.1, 0.15) is 48.8 Å². The molecule has 0 saturated heterocycles. The van der Waals surface area contributed by atoms with Gasteiger partial charge in [-0.05, 0) is 42.2 Å². The van der Waals surface area contributed by atoms with E-state index >= 15 is 0 Å². The average molecular weight is 340 g/mol. The van der Waals surface area contributed by atoms with Crippen molar-refractivity contribution < 1.29 is 14.3 Å². The van der Waals surface area contributed by atoms with Gasteiger partial charge in [-0.25, -0.2) is 4.79 Å². The molecule has 1 atom stereocenters. The lowest BCUT2D eigenvalue weighted by Gasteiger charge is -2.35. The highest BCUT2D eigenvalue weighted by Crippen LogP contribution is 2.39. The van der Waals surface area contributed by atoms with Crippen LogP contribution in [0.15, 0.2) is 24.3 Å². The lowest BCUT2D eigenvalue weighted by Crippen LogP contribution is -2.29. The van der Waals surface area contributed by atoms with Crippen molar-refractivity contribution in [3.63, 3.8) is 0 Å². The second-order valence-corrected chi connectivity index (χ2v) is 7.78. The van der Waals surface area contributed by atoms with Crippen molar-refractivity contribution in [1.82, 2.24) is 4.98 Å². The summed E-state index contributed by atoms with van der Waals surface area (Å²) in [6.45, 7) is 6.26. The Morgan fingerprint density at radius 2 is 2.00 bits per heavy atom. The maximum absolute atomic E-state index is 12.7. The van der Waals surface area contributed by atoms with Gasteiger partial charge >= 0.3 is 5.97 Å². The molecule has 1 heterocycles. The lowest BCUT2D eigenvalue weighted by atomic mass is 9.70. The fraction of sp³-hybridized carbons (Fsp3) is 0.450. The fourth-order valence-corrected chi connectivity index (χ4v) is 3.57. The van der Waals surface area contributed by atoms with Gasteiger partial charge in [0.05, 0.1) is 11.1 Å². The first-order valence-electron chi connectivity index (χ1n) is 8.63. The Kier molecular flexibility index (Phi) is 4.50. The monoisotopic (exact) mass is 340 g/mol. The summed E-state index contributed by atoms with van der Waals surface area (Å²) < 4.78 is 5.14. The van der Waals surface area contributed by atoms with Crippen LogP contribution in [0.4, 0.5) is 0 Å². The molecule has 3 rings (SSSR count). The number of benzene rings is 1. The Labute approximate surface area is 147 Å². The van der Waals surface area contributed by atoms with Crippen LogP contribution in [0.2, 0.25) is 0 Å². The minimum atomic E-state index is -0.659. The highest BCUT2D eigenvalue weighted by Gasteiger charge is 2.33. The molecule has 1 amide bonds. The second kappa shape index (κ2) is 6.47. The fourth-order valence-electron chi connectivity index (χ4n) is 3.57. The number of ether oxygens (including phenoxy) is 1. The molecule has 5 nitrogen and oxygen atoms in total. The summed E-state index contributed by atoms with van der Waals surface area (Å²) in [6, 6.07) is 7.56. The molecular weight excluding hydrogens is 316 g/mol. The highest BCUT2D eigenvalue weighted by molar-refractivity contribution is 6.05. The van der Waals surface area contributed by atoms with Gasteiger partial charge in [-0.15, -0.1) is 0 Å². The Hall–Kier alpha value is -2.43. The largest absolute Gasteiger partial charge is 0.452 e. The van der Waals surface area contributed by atoms with E-state index in [-0.39, 0.29) is 5.41 Å². The third kappa shape index (κ3) is 3.50. The molecule has 0 saturated carbocycles. The van der Waals surface area contributed by atoms with Crippen LogP contribution < -0.4 is 5.73 Å². The number of aryl methyl sites for hydroxylation is 1. The van der Waals surface area contributed by atoms with Crippen molar-refractivity contribution >= 4 is 22.8 Å². The number of nitrogens with zero attached hydrogens (tertiary/aromatic N) is 1. The Morgan fingerprint density at radius 1 is 1.28 bits per heavy atom. The summed E-state index contributed by atoms with van der Waals surface area (Å²) in [5.74, 6) is -0.693. The third-order valence-electron chi connectivity index (χ3n) is 5.03. The van der Waals surface area contributed by atoms with Gasteiger partial charge < -0.3 is 10.5 Å². The Bertz CT molecular complexity index is 837. The average Bonchev–Trinajstić information content (AvgIpc) is 2.56. The van der Waals surface area contributed by atoms with Crippen molar-refractivity contribution in [3.8, 4) is 0 Å². The summed E-state index contributed by atoms with van der Waals surface area (Å²) in [5.41, 5.74) is 8.51. The predicted molar refractivity (Wildman–Crippen MR) is 96.2 cm³/mol. The van der Waals surface area contributed by atoms with E-state index in [1.54, 1.807) is 0 Å². The maximum Gasteiger partial charge on any atom is 0.339 e. The molecule has 0 bridgehead atoms. The SMILES string of the molecule is CC(C)(C)[C@@H]1CCc2nc3ccccc3c(C(=O)OCC(N)=O)c2C1. The number of para-hydroxylation sites is 1. The summed E-state index contributed by atoms with van der Waals surface area (Å²) >= 11 is 0. The number of carbonyl (C=O) groups is 2. The summed E-state index contributed by atoms with van der Waals surface area (Å²) in [7, 11) is 0. The normalized spacial score (nSPS) is 17.2. The molecule has 2 aromatic rings. The van der Waals surface area contributed by atoms with E-state index in [0.717, 1.165) is 41.4 Å². The zero-order chi connectivity index (χ0) is 18.2. The first kappa shape index (κ1) is 17.4. The number of primary amides is 1. The number of pyridine rings is 1. The molecule has 1 aromatic heterocycles. The van der Waals surface area contributed by atoms with E-state index in [4.69, 9.17) is 15.5 Å². The van der Waals surface area contributed by atoms with Gasteiger partial charge in [-0.3, -0.25) is 9.78 Å². The van der Waals surface area contributed by atoms with Gasteiger partial charge in [0.25, 0.3) is 5.91 Å². The van der Waals surface area contributed by atoms with Gasteiger partial charge in [0.15, 0.2) is 6.61 Å². The number of nitrogens with two attached hydrogens (primary N) is 1. The number of esters is 1. The van der Waals surface area contributed by atoms with Crippen molar-refractivity contribution in [2.45, 2.75) is 40.0 Å². The standard InChI is InChI=1S/C20H24N2O3/c1-20(2,3)12-8-9-16-14(10-12)18(19(24)25-11-17(21)23)13-6-4-5-7-15(13)22-16/h4-7,12H,8-11H2,1-3H3,(H2,21,23)/t12-/m1/s1. The molecule has 0 fully saturated rings. The lowest BCUT2D eigenvalue weighted by molar-refractivity contribution is -0.121. The Morgan fingerprint density at radius 3 is 2.68 bits per heavy atom. The first-order valence-corrected chi connectivity index (χ1v) is 8.63.